The first-order valence-electron chi connectivity index (χ1n) is 3.62. The van der Waals surface area contributed by atoms with E-state index in [0.29, 0.717) is 0 Å². The van der Waals surface area contributed by atoms with Crippen molar-refractivity contribution in [2.45, 2.75) is 21.3 Å². The molecule has 0 amide bonds. The van der Waals surface area contributed by atoms with E-state index in [0.717, 1.165) is 0 Å². The van der Waals surface area contributed by atoms with E-state index in [1.807, 2.05) is 0 Å². The van der Waals surface area contributed by atoms with Crippen molar-refractivity contribution in [3.8, 4) is 0 Å². The second-order valence-electron chi connectivity index (χ2n) is 2.47. The maximum Gasteiger partial charge on any atom is 0.302 e. The van der Waals surface area contributed by atoms with E-state index in [9.17, 15) is 9.59 Å². The molecule has 0 spiro atoms. The number of esters is 2. The summed E-state index contributed by atoms with van der Waals surface area (Å²) in [7, 11) is 0. The molecule has 0 heterocycles. The Morgan fingerprint density at radius 2 is 1.40 bits per heavy atom. The molecule has 0 fully saturated rings. The smallest absolute Gasteiger partial charge is 0.302 e. The van der Waals surface area contributed by atoms with Crippen molar-refractivity contribution in [3.05, 3.63) is 6.92 Å². The van der Waals surface area contributed by atoms with E-state index < -0.39 is 0 Å². The average Bonchev–Trinajstić information content (AvgIpc) is 1.96. The molecule has 6 heteroatoms. The molecule has 0 aromatic carbocycles. The number of carbonyl (C=O) groups excluding carboxylic acids is 2. The van der Waals surface area contributed by atoms with Crippen LogP contribution in [-0.4, -0.2) is 30.6 Å². The maximum atomic E-state index is 10.3. The van der Waals surface area contributed by atoms with Gasteiger partial charge in [-0.1, -0.05) is 13.3 Å². The topological polar surface area (TPSA) is 84.1 Å². The Morgan fingerprint density at radius 1 is 1.13 bits per heavy atom. The van der Waals surface area contributed by atoms with Crippen LogP contribution in [0.3, 0.4) is 0 Å². The van der Waals surface area contributed by atoms with Crippen LogP contribution in [0.15, 0.2) is 0 Å². The van der Waals surface area contributed by atoms with Crippen LogP contribution < -0.4 is 0 Å². The maximum absolute atomic E-state index is 10.3. The molecule has 0 rings (SSSR count). The summed E-state index contributed by atoms with van der Waals surface area (Å²) in [6.45, 7) is 6.63. The third-order valence-electron chi connectivity index (χ3n) is 1.04. The predicted octanol–water partition coefficient (Wildman–Crippen LogP) is 0.372. The van der Waals surface area contributed by atoms with Crippen LogP contribution in [-0.2, 0) is 40.1 Å². The summed E-state index contributed by atoms with van der Waals surface area (Å²) >= 11 is 0. The van der Waals surface area contributed by atoms with Crippen LogP contribution in [0, 0.1) is 12.8 Å². The van der Waals surface area contributed by atoms with Gasteiger partial charge in [0.2, 0.25) is 0 Å². The van der Waals surface area contributed by atoms with Gasteiger partial charge in [-0.3, -0.25) is 9.59 Å². The summed E-state index contributed by atoms with van der Waals surface area (Å²) in [6.07, 6.45) is 0. The minimum Gasteiger partial charge on any atom is -0.468 e. The summed E-state index contributed by atoms with van der Waals surface area (Å²) in [5.74, 6) is -0.907. The fraction of sp³-hybridized carbons (Fsp3) is 0.667. The molecule has 92 valence electrons. The third-order valence-corrected chi connectivity index (χ3v) is 1.04. The predicted molar refractivity (Wildman–Crippen MR) is 52.5 cm³/mol. The summed E-state index contributed by atoms with van der Waals surface area (Å²) in [5, 5.41) is 0. The number of ether oxygens (including phenoxy) is 2. The average molecular weight is 391 g/mol. The number of rotatable bonds is 4. The molecule has 0 bridgehead atoms. The van der Waals surface area contributed by atoms with Crippen molar-refractivity contribution >= 4 is 11.9 Å². The van der Waals surface area contributed by atoms with E-state index in [4.69, 9.17) is 0 Å². The molecule has 0 aliphatic heterocycles. The zero-order valence-corrected chi connectivity index (χ0v) is 11.2. The number of hydrogen-bond donors (Lipinski definition) is 0. The van der Waals surface area contributed by atoms with Crippen molar-refractivity contribution in [3.63, 3.8) is 0 Å². The fourth-order valence-corrected chi connectivity index (χ4v) is 0.519. The third kappa shape index (κ3) is 19.8. The zero-order chi connectivity index (χ0) is 9.56. The van der Waals surface area contributed by atoms with Crippen LogP contribution in [0.2, 0.25) is 0 Å². The van der Waals surface area contributed by atoms with Crippen LogP contribution in [0.4, 0.5) is 0 Å². The SMILES string of the molecule is C.O.[CH2-]C(COC(C)=O)COC(C)=O.[W]. The van der Waals surface area contributed by atoms with Gasteiger partial charge in [-0.15, -0.1) is 0 Å². The van der Waals surface area contributed by atoms with Crippen molar-refractivity contribution in [2.75, 3.05) is 13.2 Å². The summed E-state index contributed by atoms with van der Waals surface area (Å²) < 4.78 is 9.29. The van der Waals surface area contributed by atoms with Crippen LogP contribution in [0.1, 0.15) is 21.3 Å². The van der Waals surface area contributed by atoms with Crippen LogP contribution >= 0.6 is 0 Å². The van der Waals surface area contributed by atoms with Gasteiger partial charge in [0.05, 0.1) is 13.2 Å². The van der Waals surface area contributed by atoms with Crippen molar-refractivity contribution in [1.82, 2.24) is 0 Å². The Kier molecular flexibility index (Phi) is 21.8. The van der Waals surface area contributed by atoms with Gasteiger partial charge in [-0.25, -0.2) is 0 Å². The molecular weight excluding hydrogens is 372 g/mol. The molecule has 0 saturated heterocycles. The Labute approximate surface area is 105 Å². The first-order valence-corrected chi connectivity index (χ1v) is 3.62. The second-order valence-corrected chi connectivity index (χ2v) is 2.47. The molecule has 0 aliphatic rings. The normalized spacial score (nSPS) is 7.73. The standard InChI is InChI=1S/C8H13O4.CH4.H2O.W/c1-6(4-11-7(2)9)5-12-8(3)10;;;/h6H,1,4-5H2,2-3H3;1H4;1H2;/q-1;;;. The number of hydrogen-bond acceptors (Lipinski definition) is 4. The van der Waals surface area contributed by atoms with Crippen molar-refractivity contribution < 1.29 is 45.6 Å². The van der Waals surface area contributed by atoms with Gasteiger partial charge < -0.3 is 21.9 Å². The van der Waals surface area contributed by atoms with E-state index >= 15 is 0 Å². The van der Waals surface area contributed by atoms with E-state index in [2.05, 4.69) is 16.4 Å². The zero-order valence-electron chi connectivity index (χ0n) is 8.24. The van der Waals surface area contributed by atoms with Gasteiger partial charge in [0.15, 0.2) is 0 Å². The Balaban J connectivity index is -0.000000202. The molecule has 5 nitrogen and oxygen atoms in total. The molecule has 15 heavy (non-hydrogen) atoms. The first-order chi connectivity index (χ1) is 5.52. The molecule has 0 aromatic rings. The summed E-state index contributed by atoms with van der Waals surface area (Å²) in [6, 6.07) is 0. The molecule has 0 aromatic heterocycles. The van der Waals surface area contributed by atoms with Crippen LogP contribution in [0.25, 0.3) is 0 Å². The van der Waals surface area contributed by atoms with E-state index in [1.54, 1.807) is 0 Å². The molecule has 0 atom stereocenters. The number of carbonyl (C=O) groups is 2. The summed E-state index contributed by atoms with van der Waals surface area (Å²) in [5.41, 5.74) is 0. The van der Waals surface area contributed by atoms with Gasteiger partial charge in [0, 0.05) is 34.9 Å². The summed E-state index contributed by atoms with van der Waals surface area (Å²) in [4.78, 5) is 20.7. The Morgan fingerprint density at radius 3 is 1.60 bits per heavy atom. The van der Waals surface area contributed by atoms with Crippen molar-refractivity contribution in [1.29, 1.82) is 0 Å². The van der Waals surface area contributed by atoms with Gasteiger partial charge in [0.1, 0.15) is 0 Å². The van der Waals surface area contributed by atoms with Gasteiger partial charge in [-0.05, 0) is 0 Å². The largest absolute Gasteiger partial charge is 0.468 e. The molecule has 0 aliphatic carbocycles. The molecule has 0 unspecified atom stereocenters. The van der Waals surface area contributed by atoms with Gasteiger partial charge in [0.25, 0.3) is 0 Å². The van der Waals surface area contributed by atoms with E-state index in [1.165, 1.54) is 13.8 Å². The van der Waals surface area contributed by atoms with Gasteiger partial charge in [-0.2, -0.15) is 0 Å². The minimum absolute atomic E-state index is 0. The Bertz CT molecular complexity index is 154. The molecule has 0 radical (unpaired) electrons. The monoisotopic (exact) mass is 391 g/mol. The fourth-order valence-electron chi connectivity index (χ4n) is 0.519. The minimum atomic E-state index is -0.355. The van der Waals surface area contributed by atoms with Crippen LogP contribution in [0.5, 0.6) is 0 Å². The second kappa shape index (κ2) is 13.6. The van der Waals surface area contributed by atoms with E-state index in [-0.39, 0.29) is 65.0 Å². The Hall–Kier alpha value is -0.412. The molecule has 0 saturated carbocycles. The quantitative estimate of drug-likeness (QED) is 0.512. The molecular formula is C9H19O5W-. The first kappa shape index (κ1) is 24.0. The van der Waals surface area contributed by atoms with Crippen molar-refractivity contribution in [2.24, 2.45) is 5.92 Å². The molecule has 2 N–H and O–H groups in total. The van der Waals surface area contributed by atoms with Gasteiger partial charge >= 0.3 is 11.9 Å².